The van der Waals surface area contributed by atoms with Crippen LogP contribution in [0.2, 0.25) is 0 Å². The zero-order valence-corrected chi connectivity index (χ0v) is 11.1. The first-order valence-electron chi connectivity index (χ1n) is 6.86. The lowest BCUT2D eigenvalue weighted by Crippen LogP contribution is -2.18. The number of hydrogen-bond acceptors (Lipinski definition) is 2. The summed E-state index contributed by atoms with van der Waals surface area (Å²) >= 11 is 0. The normalized spacial score (nSPS) is 17.6. The van der Waals surface area contributed by atoms with Crippen LogP contribution < -0.4 is 4.74 Å². The second-order valence-corrected chi connectivity index (χ2v) is 5.13. The third kappa shape index (κ3) is 4.25. The molecule has 0 bridgehead atoms. The van der Waals surface area contributed by atoms with Gasteiger partial charge in [0, 0.05) is 11.5 Å². The molecule has 1 aliphatic rings. The van der Waals surface area contributed by atoms with Gasteiger partial charge in [0.15, 0.2) is 5.78 Å². The van der Waals surface area contributed by atoms with Crippen molar-refractivity contribution in [1.82, 2.24) is 0 Å². The van der Waals surface area contributed by atoms with Crippen LogP contribution in [0.25, 0.3) is 0 Å². The maximum absolute atomic E-state index is 12.3. The fourth-order valence-corrected chi connectivity index (χ4v) is 2.62. The Bertz CT molecular complexity index is 460. The summed E-state index contributed by atoms with van der Waals surface area (Å²) in [4.78, 5) is 12.3. The van der Waals surface area contributed by atoms with E-state index < -0.39 is 6.36 Å². The number of rotatable bonds is 3. The number of Topliss-reactive ketones (excluding diaryl/α,β-unsaturated/α-hetero) is 1. The molecule has 5 heteroatoms. The van der Waals surface area contributed by atoms with Gasteiger partial charge in [-0.2, -0.15) is 0 Å². The van der Waals surface area contributed by atoms with Gasteiger partial charge in [-0.15, -0.1) is 13.2 Å². The minimum Gasteiger partial charge on any atom is -0.406 e. The molecular weight excluding hydrogens is 269 g/mol. The van der Waals surface area contributed by atoms with Crippen LogP contribution in [-0.2, 0) is 0 Å². The van der Waals surface area contributed by atoms with E-state index in [4.69, 9.17) is 0 Å². The minimum atomic E-state index is -4.73. The van der Waals surface area contributed by atoms with Crippen molar-refractivity contribution in [2.45, 2.75) is 44.9 Å². The molecule has 110 valence electrons. The van der Waals surface area contributed by atoms with E-state index >= 15 is 0 Å². The third-order valence-corrected chi connectivity index (χ3v) is 3.58. The lowest BCUT2D eigenvalue weighted by Gasteiger charge is -2.14. The summed E-state index contributed by atoms with van der Waals surface area (Å²) in [6.07, 6.45) is 1.18. The molecule has 0 heterocycles. The van der Waals surface area contributed by atoms with Gasteiger partial charge in [-0.05, 0) is 25.0 Å². The number of alkyl halides is 3. The second kappa shape index (κ2) is 6.29. The Morgan fingerprint density at radius 3 is 2.35 bits per heavy atom. The standard InChI is InChI=1S/C15H17F3O2/c16-15(17,18)20-13-9-5-8-12(10-13)14(19)11-6-3-1-2-4-7-11/h5,8-11H,1-4,6-7H2. The summed E-state index contributed by atoms with van der Waals surface area (Å²) in [6, 6.07) is 5.36. The van der Waals surface area contributed by atoms with Gasteiger partial charge in [0.2, 0.25) is 0 Å². The highest BCUT2D eigenvalue weighted by Crippen LogP contribution is 2.28. The van der Waals surface area contributed by atoms with E-state index in [1.807, 2.05) is 0 Å². The number of carbonyl (C=O) groups excluding carboxylic acids is 1. The Balaban J connectivity index is 2.11. The molecule has 2 nitrogen and oxygen atoms in total. The maximum Gasteiger partial charge on any atom is 0.573 e. The lowest BCUT2D eigenvalue weighted by atomic mass is 9.91. The Kier molecular flexibility index (Phi) is 4.68. The van der Waals surface area contributed by atoms with Crippen molar-refractivity contribution in [3.63, 3.8) is 0 Å². The van der Waals surface area contributed by atoms with Gasteiger partial charge in [0.1, 0.15) is 5.75 Å². The molecule has 0 spiro atoms. The fourth-order valence-electron chi connectivity index (χ4n) is 2.62. The highest BCUT2D eigenvalue weighted by Gasteiger charge is 2.31. The van der Waals surface area contributed by atoms with E-state index in [2.05, 4.69) is 4.74 Å². The number of ketones is 1. The van der Waals surface area contributed by atoms with Gasteiger partial charge in [-0.25, -0.2) is 0 Å². The first kappa shape index (κ1) is 14.9. The van der Waals surface area contributed by atoms with Crippen LogP contribution in [0.3, 0.4) is 0 Å². The summed E-state index contributed by atoms with van der Waals surface area (Å²) in [5.41, 5.74) is 0.304. The zero-order valence-electron chi connectivity index (χ0n) is 11.1. The molecule has 1 fully saturated rings. The molecule has 2 rings (SSSR count). The van der Waals surface area contributed by atoms with Gasteiger partial charge >= 0.3 is 6.36 Å². The van der Waals surface area contributed by atoms with Gasteiger partial charge in [-0.1, -0.05) is 37.8 Å². The van der Waals surface area contributed by atoms with E-state index in [1.165, 1.54) is 18.2 Å². The number of benzene rings is 1. The van der Waals surface area contributed by atoms with Crippen molar-refractivity contribution in [1.29, 1.82) is 0 Å². The average molecular weight is 286 g/mol. The quantitative estimate of drug-likeness (QED) is 0.592. The third-order valence-electron chi connectivity index (χ3n) is 3.58. The fraction of sp³-hybridized carbons (Fsp3) is 0.533. The molecule has 1 saturated carbocycles. The number of ether oxygens (including phenoxy) is 1. The average Bonchev–Trinajstić information content (AvgIpc) is 2.65. The number of carbonyl (C=O) groups is 1. The monoisotopic (exact) mass is 286 g/mol. The second-order valence-electron chi connectivity index (χ2n) is 5.13. The van der Waals surface area contributed by atoms with Gasteiger partial charge in [-0.3, -0.25) is 4.79 Å². The molecule has 0 N–H and O–H groups in total. The predicted molar refractivity (Wildman–Crippen MR) is 68.6 cm³/mol. The number of halogens is 3. The van der Waals surface area contributed by atoms with Crippen LogP contribution in [0.1, 0.15) is 48.9 Å². The molecule has 0 saturated heterocycles. The Hall–Kier alpha value is -1.52. The van der Waals surface area contributed by atoms with Crippen molar-refractivity contribution in [3.8, 4) is 5.75 Å². The highest BCUT2D eigenvalue weighted by atomic mass is 19.4. The van der Waals surface area contributed by atoms with Crippen LogP contribution in [0, 0.1) is 5.92 Å². The van der Waals surface area contributed by atoms with Crippen LogP contribution in [-0.4, -0.2) is 12.1 Å². The van der Waals surface area contributed by atoms with Crippen molar-refractivity contribution in [3.05, 3.63) is 29.8 Å². The van der Waals surface area contributed by atoms with Crippen molar-refractivity contribution in [2.24, 2.45) is 5.92 Å². The van der Waals surface area contributed by atoms with Crippen molar-refractivity contribution in [2.75, 3.05) is 0 Å². The smallest absolute Gasteiger partial charge is 0.406 e. The SMILES string of the molecule is O=C(c1cccc(OC(F)(F)F)c1)C1CCCCCC1. The molecule has 1 aromatic carbocycles. The largest absolute Gasteiger partial charge is 0.573 e. The molecule has 0 aliphatic heterocycles. The molecule has 1 aromatic rings. The summed E-state index contributed by atoms with van der Waals surface area (Å²) in [5.74, 6) is -0.477. The minimum absolute atomic E-state index is 0.0699. The lowest BCUT2D eigenvalue weighted by molar-refractivity contribution is -0.274. The van der Waals surface area contributed by atoms with Gasteiger partial charge < -0.3 is 4.74 Å². The van der Waals surface area contributed by atoms with E-state index in [0.29, 0.717) is 5.56 Å². The summed E-state index contributed by atoms with van der Waals surface area (Å²) in [6.45, 7) is 0. The van der Waals surface area contributed by atoms with Crippen molar-refractivity contribution < 1.29 is 22.7 Å². The molecule has 1 aliphatic carbocycles. The molecule has 0 unspecified atom stereocenters. The maximum atomic E-state index is 12.3. The Morgan fingerprint density at radius 2 is 1.75 bits per heavy atom. The molecular formula is C15H17F3O2. The van der Waals surface area contributed by atoms with Crippen LogP contribution in [0.4, 0.5) is 13.2 Å². The number of hydrogen-bond donors (Lipinski definition) is 0. The first-order chi connectivity index (χ1) is 9.46. The van der Waals surface area contributed by atoms with E-state index in [-0.39, 0.29) is 17.5 Å². The predicted octanol–water partition coefficient (Wildman–Crippen LogP) is 4.74. The molecule has 20 heavy (non-hydrogen) atoms. The molecule has 0 amide bonds. The topological polar surface area (TPSA) is 26.3 Å². The Labute approximate surface area is 115 Å². The Morgan fingerprint density at radius 1 is 1.10 bits per heavy atom. The molecule has 0 aromatic heterocycles. The van der Waals surface area contributed by atoms with Crippen LogP contribution >= 0.6 is 0 Å². The van der Waals surface area contributed by atoms with E-state index in [9.17, 15) is 18.0 Å². The summed E-state index contributed by atoms with van der Waals surface area (Å²) in [5, 5.41) is 0. The zero-order chi connectivity index (χ0) is 14.6. The molecule has 0 atom stereocenters. The highest BCUT2D eigenvalue weighted by molar-refractivity contribution is 5.98. The molecule has 0 radical (unpaired) electrons. The van der Waals surface area contributed by atoms with E-state index in [0.717, 1.165) is 38.5 Å². The van der Waals surface area contributed by atoms with Gasteiger partial charge in [0.25, 0.3) is 0 Å². The summed E-state index contributed by atoms with van der Waals surface area (Å²) < 4.78 is 40.4. The van der Waals surface area contributed by atoms with Crippen molar-refractivity contribution >= 4 is 5.78 Å². The van der Waals surface area contributed by atoms with Crippen LogP contribution in [0.15, 0.2) is 24.3 Å². The van der Waals surface area contributed by atoms with Crippen LogP contribution in [0.5, 0.6) is 5.75 Å². The summed E-state index contributed by atoms with van der Waals surface area (Å²) in [7, 11) is 0. The first-order valence-corrected chi connectivity index (χ1v) is 6.86. The van der Waals surface area contributed by atoms with E-state index in [1.54, 1.807) is 6.07 Å². The van der Waals surface area contributed by atoms with Gasteiger partial charge in [0.05, 0.1) is 0 Å².